The van der Waals surface area contributed by atoms with Crippen LogP contribution in [-0.2, 0) is 13.0 Å². The van der Waals surface area contributed by atoms with Crippen LogP contribution >= 0.6 is 0 Å². The fourth-order valence-electron chi connectivity index (χ4n) is 4.24. The zero-order valence-corrected chi connectivity index (χ0v) is 19.7. The van der Waals surface area contributed by atoms with Crippen molar-refractivity contribution in [3.05, 3.63) is 114 Å². The predicted octanol–water partition coefficient (Wildman–Crippen LogP) is 5.78. The van der Waals surface area contributed by atoms with E-state index in [1.807, 2.05) is 30.3 Å². The molecule has 0 amide bonds. The molecule has 0 aliphatic rings. The summed E-state index contributed by atoms with van der Waals surface area (Å²) in [5, 5.41) is 26.3. The van der Waals surface area contributed by atoms with Gasteiger partial charge in [-0.05, 0) is 58.1 Å². The van der Waals surface area contributed by atoms with Crippen molar-refractivity contribution in [2.24, 2.45) is 0 Å². The molecule has 0 bridgehead atoms. The Morgan fingerprint density at radius 3 is 2.56 bits per heavy atom. The Morgan fingerprint density at radius 2 is 1.78 bits per heavy atom. The molecule has 3 aromatic carbocycles. The van der Waals surface area contributed by atoms with Crippen LogP contribution in [0.15, 0.2) is 95.9 Å². The summed E-state index contributed by atoms with van der Waals surface area (Å²) in [7, 11) is 0. The Bertz CT molecular complexity index is 1500. The molecule has 0 unspecified atom stereocenters. The highest BCUT2D eigenvalue weighted by atomic mass is 16.3. The second-order valence-corrected chi connectivity index (χ2v) is 8.62. The minimum atomic E-state index is 0.118. The van der Waals surface area contributed by atoms with Gasteiger partial charge in [0, 0.05) is 36.8 Å². The summed E-state index contributed by atoms with van der Waals surface area (Å²) < 4.78 is 5.16. The number of aliphatic hydroxyl groups excluding tert-OH is 1. The van der Waals surface area contributed by atoms with Crippen LogP contribution in [0.25, 0.3) is 22.0 Å². The van der Waals surface area contributed by atoms with Gasteiger partial charge in [0.2, 0.25) is 0 Å². The van der Waals surface area contributed by atoms with Gasteiger partial charge in [0.1, 0.15) is 6.07 Å². The maximum absolute atomic E-state index is 9.74. The van der Waals surface area contributed by atoms with Gasteiger partial charge >= 0.3 is 0 Å². The van der Waals surface area contributed by atoms with Crippen molar-refractivity contribution in [3.63, 3.8) is 0 Å². The van der Waals surface area contributed by atoms with Crippen molar-refractivity contribution in [2.45, 2.75) is 13.0 Å². The number of nitrogens with zero attached hydrogens (tertiary/aromatic N) is 2. The lowest BCUT2D eigenvalue weighted by Gasteiger charge is -2.13. The van der Waals surface area contributed by atoms with E-state index in [0.717, 1.165) is 51.0 Å². The van der Waals surface area contributed by atoms with Gasteiger partial charge in [0.15, 0.2) is 0 Å². The third-order valence-corrected chi connectivity index (χ3v) is 6.08. The Balaban J connectivity index is 1.41. The molecule has 3 N–H and O–H groups in total. The number of pyridine rings is 1. The van der Waals surface area contributed by atoms with Crippen molar-refractivity contribution >= 4 is 22.3 Å². The molecular formula is C30H26N4O2. The topological polar surface area (TPSA) is 94.1 Å². The summed E-state index contributed by atoms with van der Waals surface area (Å²) in [6.45, 7) is 1.38. The van der Waals surface area contributed by atoms with Crippen molar-refractivity contribution in [2.75, 3.05) is 18.5 Å². The molecule has 6 nitrogen and oxygen atoms in total. The molecule has 2 aromatic heterocycles. The van der Waals surface area contributed by atoms with Crippen LogP contribution in [0.5, 0.6) is 0 Å². The zero-order chi connectivity index (χ0) is 24.7. The minimum Gasteiger partial charge on any atom is -0.472 e. The lowest BCUT2D eigenvalue weighted by molar-refractivity contribution is 0.292. The fourth-order valence-corrected chi connectivity index (χ4v) is 4.24. The quantitative estimate of drug-likeness (QED) is 0.234. The van der Waals surface area contributed by atoms with E-state index in [-0.39, 0.29) is 6.61 Å². The molecule has 0 radical (unpaired) electrons. The molecule has 0 fully saturated rings. The summed E-state index contributed by atoms with van der Waals surface area (Å²) >= 11 is 0. The number of aromatic nitrogens is 1. The monoisotopic (exact) mass is 474 g/mol. The first-order valence-corrected chi connectivity index (χ1v) is 11.8. The van der Waals surface area contributed by atoms with Gasteiger partial charge in [-0.2, -0.15) is 5.26 Å². The SMILES string of the molecule is N#Cc1cnc2cc(-c3cccc(CNCCO)c3)ccc2c1Nc1ccc(Cc2ccoc2)cc1. The van der Waals surface area contributed by atoms with Gasteiger partial charge in [-0.15, -0.1) is 0 Å². The molecule has 36 heavy (non-hydrogen) atoms. The highest BCUT2D eigenvalue weighted by molar-refractivity contribution is 5.97. The number of fused-ring (bicyclic) bond motifs is 1. The molecule has 0 aliphatic carbocycles. The minimum absolute atomic E-state index is 0.118. The van der Waals surface area contributed by atoms with Gasteiger partial charge < -0.3 is 20.2 Å². The molecule has 2 heterocycles. The Labute approximate surface area is 209 Å². The smallest absolute Gasteiger partial charge is 0.103 e. The van der Waals surface area contributed by atoms with E-state index in [9.17, 15) is 5.26 Å². The number of rotatable bonds is 9. The first-order valence-electron chi connectivity index (χ1n) is 11.8. The number of nitrogens with one attached hydrogen (secondary N) is 2. The number of benzene rings is 3. The molecule has 178 valence electrons. The molecule has 0 aliphatic heterocycles. The Hall–Kier alpha value is -4.44. The second-order valence-electron chi connectivity index (χ2n) is 8.62. The second kappa shape index (κ2) is 10.9. The lowest BCUT2D eigenvalue weighted by atomic mass is 10.00. The van der Waals surface area contributed by atoms with E-state index in [4.69, 9.17) is 9.52 Å². The van der Waals surface area contributed by atoms with E-state index in [1.54, 1.807) is 18.7 Å². The largest absolute Gasteiger partial charge is 0.472 e. The number of anilines is 2. The number of hydrogen-bond acceptors (Lipinski definition) is 6. The maximum Gasteiger partial charge on any atom is 0.103 e. The third-order valence-electron chi connectivity index (χ3n) is 6.08. The molecule has 0 spiro atoms. The number of nitriles is 1. The van der Waals surface area contributed by atoms with Crippen molar-refractivity contribution < 1.29 is 9.52 Å². The lowest BCUT2D eigenvalue weighted by Crippen LogP contribution is -2.17. The van der Waals surface area contributed by atoms with E-state index < -0.39 is 0 Å². The summed E-state index contributed by atoms with van der Waals surface area (Å²) in [6.07, 6.45) is 5.87. The molecule has 5 rings (SSSR count). The summed E-state index contributed by atoms with van der Waals surface area (Å²) in [6, 6.07) is 26.9. The van der Waals surface area contributed by atoms with E-state index in [1.165, 1.54) is 5.56 Å². The van der Waals surface area contributed by atoms with Crippen LogP contribution in [0.3, 0.4) is 0 Å². The Morgan fingerprint density at radius 1 is 0.917 bits per heavy atom. The first kappa shape index (κ1) is 23.3. The summed E-state index contributed by atoms with van der Waals surface area (Å²) in [5.41, 5.74) is 8.57. The standard InChI is InChI=1S/C30H26N4O2/c31-17-26-19-33-29-16-25(24-3-1-2-22(15-24)18-32-11-12-35)6-9-28(29)30(26)34-27-7-4-21(5-8-27)14-23-10-13-36-20-23/h1-10,13,15-16,19-20,32,35H,11-12,14,18H2,(H,33,34). The first-order chi connectivity index (χ1) is 17.7. The van der Waals surface area contributed by atoms with Crippen LogP contribution < -0.4 is 10.6 Å². The van der Waals surface area contributed by atoms with Crippen molar-refractivity contribution in [1.29, 1.82) is 5.26 Å². The van der Waals surface area contributed by atoms with Gasteiger partial charge in [-0.1, -0.05) is 42.5 Å². The van der Waals surface area contributed by atoms with Crippen LogP contribution in [0, 0.1) is 11.3 Å². The molecule has 5 aromatic rings. The van der Waals surface area contributed by atoms with Gasteiger partial charge in [0.25, 0.3) is 0 Å². The van der Waals surface area contributed by atoms with E-state index >= 15 is 0 Å². The summed E-state index contributed by atoms with van der Waals surface area (Å²) in [5.74, 6) is 0. The number of hydrogen-bond donors (Lipinski definition) is 3. The van der Waals surface area contributed by atoms with Crippen LogP contribution in [0.4, 0.5) is 11.4 Å². The average molecular weight is 475 g/mol. The van der Waals surface area contributed by atoms with Gasteiger partial charge in [-0.3, -0.25) is 4.98 Å². The maximum atomic E-state index is 9.74. The molecule has 6 heteroatoms. The average Bonchev–Trinajstić information content (AvgIpc) is 3.43. The molecule has 0 saturated carbocycles. The molecule has 0 saturated heterocycles. The zero-order valence-electron chi connectivity index (χ0n) is 19.7. The van der Waals surface area contributed by atoms with Crippen LogP contribution in [0.1, 0.15) is 22.3 Å². The van der Waals surface area contributed by atoms with Gasteiger partial charge in [-0.25, -0.2) is 0 Å². The summed E-state index contributed by atoms with van der Waals surface area (Å²) in [4.78, 5) is 4.57. The fraction of sp³-hybridized carbons (Fsp3) is 0.133. The molecule has 0 atom stereocenters. The van der Waals surface area contributed by atoms with Crippen LogP contribution in [-0.4, -0.2) is 23.2 Å². The highest BCUT2D eigenvalue weighted by Gasteiger charge is 2.11. The number of furan rings is 1. The number of aliphatic hydroxyl groups is 1. The van der Waals surface area contributed by atoms with Crippen molar-refractivity contribution in [1.82, 2.24) is 10.3 Å². The van der Waals surface area contributed by atoms with E-state index in [2.05, 4.69) is 64.2 Å². The highest BCUT2D eigenvalue weighted by Crippen LogP contribution is 2.32. The van der Waals surface area contributed by atoms with Crippen molar-refractivity contribution in [3.8, 4) is 17.2 Å². The Kier molecular flexibility index (Phi) is 7.04. The van der Waals surface area contributed by atoms with Crippen LogP contribution in [0.2, 0.25) is 0 Å². The van der Waals surface area contributed by atoms with Gasteiger partial charge in [0.05, 0.1) is 35.9 Å². The van der Waals surface area contributed by atoms with E-state index in [0.29, 0.717) is 18.7 Å². The molecular weight excluding hydrogens is 448 g/mol. The normalized spacial score (nSPS) is 10.9. The predicted molar refractivity (Wildman–Crippen MR) is 142 cm³/mol. The third kappa shape index (κ3) is 5.28.